The van der Waals surface area contributed by atoms with E-state index >= 15 is 0 Å². The molecule has 1 fully saturated rings. The lowest BCUT2D eigenvalue weighted by atomic mass is 9.87. The number of carbonyl (C=O) groups is 1. The number of aliphatic hydroxyl groups is 1. The van der Waals surface area contributed by atoms with Gasteiger partial charge in [0.25, 0.3) is 5.91 Å². The smallest absolute Gasteiger partial charge is 0.252 e. The lowest BCUT2D eigenvalue weighted by Crippen LogP contribution is -2.33. The van der Waals surface area contributed by atoms with E-state index in [4.69, 9.17) is 11.6 Å². The molecule has 2 unspecified atom stereocenters. The highest BCUT2D eigenvalue weighted by molar-refractivity contribution is 6.33. The minimum atomic E-state index is -1.10. The van der Waals surface area contributed by atoms with Gasteiger partial charge in [0.05, 0.1) is 16.7 Å². The van der Waals surface area contributed by atoms with E-state index in [9.17, 15) is 18.7 Å². The molecule has 2 rings (SSSR count). The Kier molecular flexibility index (Phi) is 4.94. The van der Waals surface area contributed by atoms with Crippen LogP contribution < -0.4 is 5.32 Å². The van der Waals surface area contributed by atoms with Gasteiger partial charge in [-0.1, -0.05) is 18.0 Å². The van der Waals surface area contributed by atoms with E-state index in [2.05, 4.69) is 5.32 Å². The summed E-state index contributed by atoms with van der Waals surface area (Å²) in [5.41, 5.74) is -0.0816. The minimum absolute atomic E-state index is 0.0816. The van der Waals surface area contributed by atoms with Gasteiger partial charge < -0.3 is 10.4 Å². The van der Waals surface area contributed by atoms with E-state index in [0.29, 0.717) is 13.0 Å². The highest BCUT2D eigenvalue weighted by Crippen LogP contribution is 2.24. The van der Waals surface area contributed by atoms with Crippen LogP contribution in [0.25, 0.3) is 0 Å². The first-order chi connectivity index (χ1) is 9.47. The Balaban J connectivity index is 1.96. The van der Waals surface area contributed by atoms with Gasteiger partial charge in [0.15, 0.2) is 11.6 Å². The number of nitrogens with one attached hydrogen (secondary N) is 1. The summed E-state index contributed by atoms with van der Waals surface area (Å²) in [4.78, 5) is 11.9. The van der Waals surface area contributed by atoms with E-state index in [0.717, 1.165) is 31.4 Å². The number of amides is 1. The summed E-state index contributed by atoms with van der Waals surface area (Å²) in [6.07, 6.45) is 2.97. The quantitative estimate of drug-likeness (QED) is 0.844. The van der Waals surface area contributed by atoms with Crippen molar-refractivity contribution < 1.29 is 18.7 Å². The first-order valence-corrected chi connectivity index (χ1v) is 6.96. The molecule has 6 heteroatoms. The largest absolute Gasteiger partial charge is 0.393 e. The van der Waals surface area contributed by atoms with Gasteiger partial charge in [-0.3, -0.25) is 4.79 Å². The van der Waals surface area contributed by atoms with Crippen molar-refractivity contribution in [2.45, 2.75) is 31.8 Å². The van der Waals surface area contributed by atoms with Crippen LogP contribution in [0.1, 0.15) is 36.0 Å². The molecule has 1 aliphatic carbocycles. The second-order valence-electron chi connectivity index (χ2n) is 5.14. The van der Waals surface area contributed by atoms with E-state index in [1.807, 2.05) is 0 Å². The zero-order valence-electron chi connectivity index (χ0n) is 10.8. The summed E-state index contributed by atoms with van der Waals surface area (Å²) in [6, 6.07) is 1.58. The second-order valence-corrected chi connectivity index (χ2v) is 5.55. The molecule has 20 heavy (non-hydrogen) atoms. The molecule has 0 saturated heterocycles. The monoisotopic (exact) mass is 303 g/mol. The lowest BCUT2D eigenvalue weighted by molar-refractivity contribution is 0.0873. The van der Waals surface area contributed by atoms with Gasteiger partial charge in [-0.15, -0.1) is 0 Å². The Labute approximate surface area is 120 Å². The van der Waals surface area contributed by atoms with Crippen molar-refractivity contribution in [3.63, 3.8) is 0 Å². The van der Waals surface area contributed by atoms with Crippen molar-refractivity contribution in [2.75, 3.05) is 6.54 Å². The lowest BCUT2D eigenvalue weighted by Gasteiger charge is -2.25. The van der Waals surface area contributed by atoms with Gasteiger partial charge >= 0.3 is 0 Å². The summed E-state index contributed by atoms with van der Waals surface area (Å²) < 4.78 is 26.0. The molecular formula is C14H16ClF2NO2. The van der Waals surface area contributed by atoms with E-state index < -0.39 is 17.5 Å². The van der Waals surface area contributed by atoms with Crippen molar-refractivity contribution in [3.05, 3.63) is 34.4 Å². The zero-order chi connectivity index (χ0) is 14.7. The third-order valence-corrected chi connectivity index (χ3v) is 3.87. The maximum absolute atomic E-state index is 13.1. The molecule has 1 saturated carbocycles. The molecule has 0 aromatic heterocycles. The fourth-order valence-electron chi connectivity index (χ4n) is 2.48. The number of halogens is 3. The number of benzene rings is 1. The molecule has 2 atom stereocenters. The van der Waals surface area contributed by atoms with E-state index in [1.165, 1.54) is 0 Å². The molecule has 0 radical (unpaired) electrons. The van der Waals surface area contributed by atoms with Crippen molar-refractivity contribution >= 4 is 17.5 Å². The van der Waals surface area contributed by atoms with Crippen LogP contribution in [0, 0.1) is 17.6 Å². The molecule has 0 aliphatic heterocycles. The topological polar surface area (TPSA) is 49.3 Å². The third-order valence-electron chi connectivity index (χ3n) is 3.56. The summed E-state index contributed by atoms with van der Waals surface area (Å²) in [7, 11) is 0. The number of hydrogen-bond donors (Lipinski definition) is 2. The molecule has 1 aliphatic rings. The van der Waals surface area contributed by atoms with Crippen molar-refractivity contribution in [2.24, 2.45) is 5.92 Å². The highest BCUT2D eigenvalue weighted by atomic mass is 35.5. The summed E-state index contributed by atoms with van der Waals surface area (Å²) >= 11 is 5.73. The summed E-state index contributed by atoms with van der Waals surface area (Å²) in [5.74, 6) is -2.52. The van der Waals surface area contributed by atoms with Crippen LogP contribution in [0.4, 0.5) is 8.78 Å². The van der Waals surface area contributed by atoms with Crippen LogP contribution >= 0.6 is 11.6 Å². The number of carbonyl (C=O) groups excluding carboxylic acids is 1. The number of rotatable bonds is 3. The van der Waals surface area contributed by atoms with Crippen molar-refractivity contribution in [1.82, 2.24) is 5.32 Å². The summed E-state index contributed by atoms with van der Waals surface area (Å²) in [6.45, 7) is 0.394. The molecule has 0 bridgehead atoms. The predicted octanol–water partition coefficient (Wildman–Crippen LogP) is 2.90. The van der Waals surface area contributed by atoms with Crippen LogP contribution in [0.2, 0.25) is 5.02 Å². The van der Waals surface area contributed by atoms with Crippen LogP contribution in [-0.4, -0.2) is 23.7 Å². The van der Waals surface area contributed by atoms with Crippen LogP contribution in [0.15, 0.2) is 12.1 Å². The average molecular weight is 304 g/mol. The Morgan fingerprint density at radius 3 is 2.75 bits per heavy atom. The SMILES string of the molecule is O=C(NCC1CCCC(O)C1)c1cc(F)c(F)cc1Cl. The molecule has 1 aromatic carbocycles. The first-order valence-electron chi connectivity index (χ1n) is 6.58. The van der Waals surface area contributed by atoms with Gasteiger partial charge in [-0.25, -0.2) is 8.78 Å². The first kappa shape index (κ1) is 15.2. The fraction of sp³-hybridized carbons (Fsp3) is 0.500. The number of aliphatic hydroxyl groups excluding tert-OH is 1. The van der Waals surface area contributed by atoms with E-state index in [-0.39, 0.29) is 22.6 Å². The maximum atomic E-state index is 13.1. The normalized spacial score (nSPS) is 22.6. The Morgan fingerprint density at radius 1 is 1.35 bits per heavy atom. The summed E-state index contributed by atoms with van der Waals surface area (Å²) in [5, 5.41) is 12.1. The number of hydrogen-bond acceptors (Lipinski definition) is 2. The Bertz CT molecular complexity index is 510. The zero-order valence-corrected chi connectivity index (χ0v) is 11.6. The fourth-order valence-corrected chi connectivity index (χ4v) is 2.71. The maximum Gasteiger partial charge on any atom is 0.252 e. The standard InChI is InChI=1S/C14H16ClF2NO2/c15-11-6-13(17)12(16)5-10(11)14(20)18-7-8-2-1-3-9(19)4-8/h5-6,8-9,19H,1-4,7H2,(H,18,20). The predicted molar refractivity (Wildman–Crippen MR) is 71.7 cm³/mol. The van der Waals surface area contributed by atoms with Crippen LogP contribution in [0.3, 0.4) is 0 Å². The van der Waals surface area contributed by atoms with Gasteiger partial charge in [0.1, 0.15) is 0 Å². The van der Waals surface area contributed by atoms with Crippen molar-refractivity contribution in [3.8, 4) is 0 Å². The molecule has 2 N–H and O–H groups in total. The highest BCUT2D eigenvalue weighted by Gasteiger charge is 2.21. The van der Waals surface area contributed by atoms with Crippen LogP contribution in [0.5, 0.6) is 0 Å². The molecule has 0 heterocycles. The minimum Gasteiger partial charge on any atom is -0.393 e. The van der Waals surface area contributed by atoms with Gasteiger partial charge in [0.2, 0.25) is 0 Å². The van der Waals surface area contributed by atoms with E-state index in [1.54, 1.807) is 0 Å². The Hall–Kier alpha value is -1.20. The molecule has 1 aromatic rings. The molecule has 110 valence electrons. The van der Waals surface area contributed by atoms with Gasteiger partial charge in [-0.2, -0.15) is 0 Å². The van der Waals surface area contributed by atoms with Gasteiger partial charge in [-0.05, 0) is 37.3 Å². The molecular weight excluding hydrogens is 288 g/mol. The van der Waals surface area contributed by atoms with Crippen LogP contribution in [-0.2, 0) is 0 Å². The molecule has 3 nitrogen and oxygen atoms in total. The van der Waals surface area contributed by atoms with Gasteiger partial charge in [0, 0.05) is 6.54 Å². The molecule has 1 amide bonds. The average Bonchev–Trinajstić information content (AvgIpc) is 2.40. The Morgan fingerprint density at radius 2 is 2.05 bits per heavy atom. The van der Waals surface area contributed by atoms with Crippen molar-refractivity contribution in [1.29, 1.82) is 0 Å². The molecule has 0 spiro atoms. The third kappa shape index (κ3) is 3.67. The second kappa shape index (κ2) is 6.50.